The molecule has 39 heavy (non-hydrogen) atoms. The largest absolute Gasteiger partial charge is 0.503 e. The fraction of sp³-hybridized carbons (Fsp3) is 0.367. The number of hydrogen-bond acceptors (Lipinski definition) is 8. The van der Waals surface area contributed by atoms with Gasteiger partial charge >= 0.3 is 5.97 Å². The fourth-order valence-electron chi connectivity index (χ4n) is 4.84. The molecule has 0 unspecified atom stereocenters. The summed E-state index contributed by atoms with van der Waals surface area (Å²) in [6.45, 7) is 1.81. The number of carbonyl (C=O) groups excluding carboxylic acids is 2. The molecule has 2 heterocycles. The maximum atomic E-state index is 13.2. The summed E-state index contributed by atoms with van der Waals surface area (Å²) in [7, 11) is 3.01. The normalized spacial score (nSPS) is 21.5. The van der Waals surface area contributed by atoms with Crippen LogP contribution in [0.1, 0.15) is 42.2 Å². The second-order valence-electron chi connectivity index (χ2n) is 9.52. The zero-order chi connectivity index (χ0) is 27.8. The Labute approximate surface area is 228 Å². The van der Waals surface area contributed by atoms with Crippen molar-refractivity contribution >= 4 is 11.9 Å². The lowest BCUT2D eigenvalue weighted by Crippen LogP contribution is -2.45. The Morgan fingerprint density at radius 2 is 1.77 bits per heavy atom. The van der Waals surface area contributed by atoms with Crippen molar-refractivity contribution in [1.82, 2.24) is 10.3 Å². The first-order chi connectivity index (χ1) is 18.9. The molecule has 0 spiro atoms. The zero-order valence-electron chi connectivity index (χ0n) is 22.3. The molecule has 1 amide bonds. The molecule has 3 aromatic rings. The number of nitrogens with zero attached hydrogens (tertiary/aromatic N) is 1. The summed E-state index contributed by atoms with van der Waals surface area (Å²) in [5, 5.41) is 13.0. The van der Waals surface area contributed by atoms with Crippen molar-refractivity contribution in [2.45, 2.75) is 50.9 Å². The van der Waals surface area contributed by atoms with Crippen LogP contribution in [0.2, 0.25) is 0 Å². The third kappa shape index (κ3) is 6.98. The highest BCUT2D eigenvalue weighted by atomic mass is 16.6. The van der Waals surface area contributed by atoms with Crippen molar-refractivity contribution in [1.29, 1.82) is 0 Å². The number of esters is 1. The molecule has 9 heteroatoms. The average Bonchev–Trinajstić information content (AvgIpc) is 2.99. The standard InChI is InChI=1S/C30H34N2O7/c1-19-28(39-23-9-5-4-6-10-23)21(18-20-12-14-22(36-2)15-13-20)8-7-11-24(30(35)38-19)32-29(34)26-27(33)25(37-3)16-17-31-26/h4-6,9-10,12-17,19,21,24,28,33H,7-8,11,18H2,1-3H3,(H,32,34)/t19-,21+,24-,28-/m0/s1. The van der Waals surface area contributed by atoms with Gasteiger partial charge < -0.3 is 29.4 Å². The molecule has 9 nitrogen and oxygen atoms in total. The molecule has 2 N–H and O–H groups in total. The molecule has 0 bridgehead atoms. The van der Waals surface area contributed by atoms with Gasteiger partial charge in [0.05, 0.1) is 14.2 Å². The van der Waals surface area contributed by atoms with Gasteiger partial charge in [-0.25, -0.2) is 9.78 Å². The summed E-state index contributed by atoms with van der Waals surface area (Å²) < 4.78 is 22.7. The highest BCUT2D eigenvalue weighted by molar-refractivity contribution is 5.97. The third-order valence-corrected chi connectivity index (χ3v) is 6.88. The van der Waals surface area contributed by atoms with Crippen molar-refractivity contribution in [3.8, 4) is 23.0 Å². The first kappa shape index (κ1) is 27.8. The van der Waals surface area contributed by atoms with Gasteiger partial charge in [-0.2, -0.15) is 0 Å². The number of para-hydroxylation sites is 1. The van der Waals surface area contributed by atoms with Gasteiger partial charge in [-0.1, -0.05) is 36.8 Å². The molecule has 1 aliphatic rings. The predicted molar refractivity (Wildman–Crippen MR) is 144 cm³/mol. The smallest absolute Gasteiger partial charge is 0.329 e. The molecule has 2 aromatic carbocycles. The van der Waals surface area contributed by atoms with Gasteiger partial charge in [-0.15, -0.1) is 0 Å². The minimum Gasteiger partial charge on any atom is -0.503 e. The van der Waals surface area contributed by atoms with Gasteiger partial charge in [-0.05, 0) is 56.0 Å². The van der Waals surface area contributed by atoms with E-state index in [1.165, 1.54) is 19.4 Å². The summed E-state index contributed by atoms with van der Waals surface area (Å²) in [6.07, 6.45) is 2.78. The van der Waals surface area contributed by atoms with Crippen LogP contribution in [0.15, 0.2) is 66.9 Å². The van der Waals surface area contributed by atoms with Gasteiger partial charge in [0, 0.05) is 18.2 Å². The Morgan fingerprint density at radius 3 is 2.46 bits per heavy atom. The van der Waals surface area contributed by atoms with E-state index in [0.717, 1.165) is 17.7 Å². The van der Waals surface area contributed by atoms with Crippen LogP contribution in [0, 0.1) is 5.92 Å². The van der Waals surface area contributed by atoms with E-state index >= 15 is 0 Å². The van der Waals surface area contributed by atoms with Crippen molar-refractivity contribution in [3.05, 3.63) is 78.1 Å². The monoisotopic (exact) mass is 534 g/mol. The summed E-state index contributed by atoms with van der Waals surface area (Å²) in [4.78, 5) is 30.1. The Morgan fingerprint density at radius 1 is 1.03 bits per heavy atom. The van der Waals surface area contributed by atoms with Crippen LogP contribution in [-0.4, -0.2) is 54.4 Å². The maximum absolute atomic E-state index is 13.2. The molecule has 0 aliphatic carbocycles. The molecule has 4 atom stereocenters. The Kier molecular flexibility index (Phi) is 9.25. The number of aromatic nitrogens is 1. The van der Waals surface area contributed by atoms with Gasteiger partial charge in [0.25, 0.3) is 5.91 Å². The van der Waals surface area contributed by atoms with E-state index in [9.17, 15) is 14.7 Å². The van der Waals surface area contributed by atoms with Crippen LogP contribution in [0.25, 0.3) is 0 Å². The first-order valence-electron chi connectivity index (χ1n) is 13.0. The molecule has 1 aromatic heterocycles. The lowest BCUT2D eigenvalue weighted by atomic mass is 9.86. The van der Waals surface area contributed by atoms with Gasteiger partial charge in [0.2, 0.25) is 0 Å². The maximum Gasteiger partial charge on any atom is 0.329 e. The van der Waals surface area contributed by atoms with Crippen molar-refractivity contribution in [2.75, 3.05) is 14.2 Å². The molecular weight excluding hydrogens is 500 g/mol. The van der Waals surface area contributed by atoms with Crippen molar-refractivity contribution < 1.29 is 33.6 Å². The quantitative estimate of drug-likeness (QED) is 0.411. The minimum absolute atomic E-state index is 0.0277. The number of cyclic esters (lactones) is 1. The molecule has 1 aliphatic heterocycles. The van der Waals surface area contributed by atoms with E-state index in [1.807, 2.05) is 61.5 Å². The molecule has 0 saturated carbocycles. The van der Waals surface area contributed by atoms with Crippen LogP contribution in [0.4, 0.5) is 0 Å². The summed E-state index contributed by atoms with van der Waals surface area (Å²) in [6, 6.07) is 17.9. The number of hydrogen-bond donors (Lipinski definition) is 2. The van der Waals surface area contributed by atoms with Crippen LogP contribution in [-0.2, 0) is 16.0 Å². The highest BCUT2D eigenvalue weighted by Crippen LogP contribution is 2.30. The molecule has 4 rings (SSSR count). The minimum atomic E-state index is -0.913. The van der Waals surface area contributed by atoms with Crippen LogP contribution in [0.3, 0.4) is 0 Å². The van der Waals surface area contributed by atoms with Gasteiger partial charge in [-0.3, -0.25) is 4.79 Å². The van der Waals surface area contributed by atoms with E-state index in [-0.39, 0.29) is 17.4 Å². The van der Waals surface area contributed by atoms with Crippen molar-refractivity contribution in [2.24, 2.45) is 5.92 Å². The van der Waals surface area contributed by atoms with E-state index in [2.05, 4.69) is 10.3 Å². The topological polar surface area (TPSA) is 116 Å². The van der Waals surface area contributed by atoms with Gasteiger partial charge in [0.15, 0.2) is 17.2 Å². The lowest BCUT2D eigenvalue weighted by Gasteiger charge is -2.32. The lowest BCUT2D eigenvalue weighted by molar-refractivity contribution is -0.156. The number of aromatic hydroxyl groups is 1. The third-order valence-electron chi connectivity index (χ3n) is 6.88. The molecule has 0 radical (unpaired) electrons. The number of amides is 1. The second-order valence-corrected chi connectivity index (χ2v) is 9.52. The number of carbonyl (C=O) groups is 2. The number of benzene rings is 2. The van der Waals surface area contributed by atoms with Crippen LogP contribution in [0.5, 0.6) is 23.0 Å². The first-order valence-corrected chi connectivity index (χ1v) is 13.0. The zero-order valence-corrected chi connectivity index (χ0v) is 22.3. The fourth-order valence-corrected chi connectivity index (χ4v) is 4.84. The van der Waals surface area contributed by atoms with Crippen molar-refractivity contribution in [3.63, 3.8) is 0 Å². The number of rotatable bonds is 8. The molecule has 1 fully saturated rings. The number of ether oxygens (including phenoxy) is 4. The summed E-state index contributed by atoms with van der Waals surface area (Å²) in [5.41, 5.74) is 0.891. The van der Waals surface area contributed by atoms with Crippen LogP contribution >= 0.6 is 0 Å². The highest BCUT2D eigenvalue weighted by Gasteiger charge is 2.36. The summed E-state index contributed by atoms with van der Waals surface area (Å²) in [5.74, 6) is -0.0325. The van der Waals surface area contributed by atoms with Crippen LogP contribution < -0.4 is 19.5 Å². The average molecular weight is 535 g/mol. The Hall–Kier alpha value is -4.27. The number of pyridine rings is 1. The number of nitrogens with one attached hydrogen (secondary N) is 1. The summed E-state index contributed by atoms with van der Waals surface area (Å²) >= 11 is 0. The van der Waals surface area contributed by atoms with Gasteiger partial charge in [0.1, 0.15) is 29.7 Å². The SMILES string of the molecule is COc1ccc(C[C@H]2CCC[C@H](NC(=O)c3nccc(OC)c3O)C(=O)O[C@@H](C)[C@@H]2Oc2ccccc2)cc1. The van der Waals surface area contributed by atoms with E-state index in [4.69, 9.17) is 18.9 Å². The van der Waals surface area contributed by atoms with E-state index in [1.54, 1.807) is 7.11 Å². The predicted octanol–water partition coefficient (Wildman–Crippen LogP) is 4.32. The molecule has 206 valence electrons. The molecule has 1 saturated heterocycles. The molecular formula is C30H34N2O7. The Bertz CT molecular complexity index is 1250. The number of methoxy groups -OCH3 is 2. The second kappa shape index (κ2) is 13.0. The van der Waals surface area contributed by atoms with E-state index in [0.29, 0.717) is 25.0 Å². The van der Waals surface area contributed by atoms with E-state index < -0.39 is 35.9 Å². The Balaban J connectivity index is 1.55.